The predicted molar refractivity (Wildman–Crippen MR) is 65.6 cm³/mol. The van der Waals surface area contributed by atoms with E-state index in [1.54, 1.807) is 30.5 Å². The van der Waals surface area contributed by atoms with Gasteiger partial charge in [0, 0.05) is 11.9 Å². The topological polar surface area (TPSA) is 50.9 Å². The first-order valence-corrected chi connectivity index (χ1v) is 4.49. The zero-order valence-corrected chi connectivity index (χ0v) is 9.17. The lowest BCUT2D eigenvalue weighted by Gasteiger charge is -2.07. The van der Waals surface area contributed by atoms with Crippen LogP contribution < -0.4 is 11.1 Å². The molecule has 2 aromatic rings. The SMILES string of the molecule is Cl.Nc1cccnc1Nc1ccc(F)cc1. The molecule has 0 radical (unpaired) electrons. The summed E-state index contributed by atoms with van der Waals surface area (Å²) in [5.41, 5.74) is 7.01. The summed E-state index contributed by atoms with van der Waals surface area (Å²) in [4.78, 5) is 4.07. The highest BCUT2D eigenvalue weighted by Crippen LogP contribution is 2.19. The Morgan fingerprint density at radius 2 is 1.81 bits per heavy atom. The summed E-state index contributed by atoms with van der Waals surface area (Å²) in [5, 5.41) is 3.00. The van der Waals surface area contributed by atoms with Crippen LogP contribution in [0.25, 0.3) is 0 Å². The molecule has 1 heterocycles. The summed E-state index contributed by atoms with van der Waals surface area (Å²) >= 11 is 0. The average molecular weight is 240 g/mol. The van der Waals surface area contributed by atoms with Gasteiger partial charge in [0.05, 0.1) is 5.69 Å². The van der Waals surface area contributed by atoms with E-state index in [-0.39, 0.29) is 18.2 Å². The Balaban J connectivity index is 0.00000128. The van der Waals surface area contributed by atoms with Gasteiger partial charge in [-0.2, -0.15) is 0 Å². The molecule has 0 atom stereocenters. The molecule has 1 aromatic heterocycles. The van der Waals surface area contributed by atoms with Crippen LogP contribution in [0.5, 0.6) is 0 Å². The number of benzene rings is 1. The number of aromatic nitrogens is 1. The monoisotopic (exact) mass is 239 g/mol. The van der Waals surface area contributed by atoms with Crippen LogP contribution in [-0.2, 0) is 0 Å². The Labute approximate surface area is 98.9 Å². The van der Waals surface area contributed by atoms with E-state index in [1.165, 1.54) is 12.1 Å². The van der Waals surface area contributed by atoms with E-state index in [2.05, 4.69) is 10.3 Å². The molecule has 0 saturated carbocycles. The van der Waals surface area contributed by atoms with Gasteiger partial charge in [-0.15, -0.1) is 12.4 Å². The molecular formula is C11H11ClFN3. The summed E-state index contributed by atoms with van der Waals surface area (Å²) in [5.74, 6) is 0.304. The summed E-state index contributed by atoms with van der Waals surface area (Å²) in [7, 11) is 0. The zero-order valence-electron chi connectivity index (χ0n) is 8.35. The maximum atomic E-state index is 12.6. The third-order valence-electron chi connectivity index (χ3n) is 1.95. The third-order valence-corrected chi connectivity index (χ3v) is 1.95. The quantitative estimate of drug-likeness (QED) is 0.847. The summed E-state index contributed by atoms with van der Waals surface area (Å²) in [6.45, 7) is 0. The summed E-state index contributed by atoms with van der Waals surface area (Å²) in [6, 6.07) is 9.51. The summed E-state index contributed by atoms with van der Waals surface area (Å²) in [6.07, 6.45) is 1.64. The van der Waals surface area contributed by atoms with Crippen LogP contribution in [0, 0.1) is 5.82 Å². The standard InChI is InChI=1S/C11H10FN3.ClH/c12-8-3-5-9(6-4-8)15-11-10(13)2-1-7-14-11;/h1-7H,13H2,(H,14,15);1H. The van der Waals surface area contributed by atoms with Gasteiger partial charge < -0.3 is 11.1 Å². The fraction of sp³-hybridized carbons (Fsp3) is 0. The lowest BCUT2D eigenvalue weighted by molar-refractivity contribution is 0.628. The van der Waals surface area contributed by atoms with E-state index >= 15 is 0 Å². The van der Waals surface area contributed by atoms with Crippen molar-refractivity contribution in [1.29, 1.82) is 0 Å². The number of nitrogen functional groups attached to an aromatic ring is 1. The van der Waals surface area contributed by atoms with E-state index in [1.807, 2.05) is 0 Å². The van der Waals surface area contributed by atoms with Crippen molar-refractivity contribution in [3.63, 3.8) is 0 Å². The molecule has 5 heteroatoms. The average Bonchev–Trinajstić information content (AvgIpc) is 2.25. The second-order valence-electron chi connectivity index (χ2n) is 3.07. The van der Waals surface area contributed by atoms with E-state index < -0.39 is 0 Å². The molecule has 0 aliphatic rings. The van der Waals surface area contributed by atoms with Crippen molar-refractivity contribution >= 4 is 29.6 Å². The molecule has 0 unspecified atom stereocenters. The minimum atomic E-state index is -0.269. The molecule has 16 heavy (non-hydrogen) atoms. The van der Waals surface area contributed by atoms with Crippen LogP contribution in [0.15, 0.2) is 42.6 Å². The molecule has 0 aliphatic heterocycles. The number of anilines is 3. The van der Waals surface area contributed by atoms with Gasteiger partial charge in [-0.25, -0.2) is 9.37 Å². The maximum absolute atomic E-state index is 12.6. The highest BCUT2D eigenvalue weighted by Gasteiger charge is 1.99. The van der Waals surface area contributed by atoms with E-state index in [0.29, 0.717) is 11.5 Å². The number of hydrogen-bond donors (Lipinski definition) is 2. The van der Waals surface area contributed by atoms with Crippen LogP contribution in [0.4, 0.5) is 21.6 Å². The predicted octanol–water partition coefficient (Wildman–Crippen LogP) is 2.97. The fourth-order valence-corrected chi connectivity index (χ4v) is 1.19. The molecule has 3 nitrogen and oxygen atoms in total. The van der Waals surface area contributed by atoms with Crippen LogP contribution in [0.1, 0.15) is 0 Å². The van der Waals surface area contributed by atoms with Gasteiger partial charge in [-0.3, -0.25) is 0 Å². The zero-order chi connectivity index (χ0) is 10.7. The molecular weight excluding hydrogens is 229 g/mol. The maximum Gasteiger partial charge on any atom is 0.153 e. The van der Waals surface area contributed by atoms with E-state index in [0.717, 1.165) is 5.69 Å². The van der Waals surface area contributed by atoms with Gasteiger partial charge in [0.25, 0.3) is 0 Å². The molecule has 0 fully saturated rings. The van der Waals surface area contributed by atoms with Gasteiger partial charge in [0.1, 0.15) is 5.82 Å². The third kappa shape index (κ3) is 2.84. The highest BCUT2D eigenvalue weighted by molar-refractivity contribution is 5.85. The number of nitrogens with one attached hydrogen (secondary N) is 1. The number of pyridine rings is 1. The number of hydrogen-bond acceptors (Lipinski definition) is 3. The molecule has 0 amide bonds. The molecule has 0 spiro atoms. The normalized spacial score (nSPS) is 9.31. The first kappa shape index (κ1) is 12.3. The summed E-state index contributed by atoms with van der Waals surface area (Å²) < 4.78 is 12.6. The second-order valence-corrected chi connectivity index (χ2v) is 3.07. The largest absolute Gasteiger partial charge is 0.396 e. The van der Waals surface area contributed by atoms with Gasteiger partial charge in [0.15, 0.2) is 5.82 Å². The van der Waals surface area contributed by atoms with E-state index in [9.17, 15) is 4.39 Å². The number of rotatable bonds is 2. The second kappa shape index (κ2) is 5.32. The van der Waals surface area contributed by atoms with Crippen molar-refractivity contribution in [3.8, 4) is 0 Å². The number of halogens is 2. The fourth-order valence-electron chi connectivity index (χ4n) is 1.19. The van der Waals surface area contributed by atoms with Crippen molar-refractivity contribution in [1.82, 2.24) is 4.98 Å². The molecule has 3 N–H and O–H groups in total. The van der Waals surface area contributed by atoms with Crippen molar-refractivity contribution < 1.29 is 4.39 Å². The van der Waals surface area contributed by atoms with Crippen molar-refractivity contribution in [2.75, 3.05) is 11.1 Å². The minimum absolute atomic E-state index is 0. The number of nitrogens with zero attached hydrogens (tertiary/aromatic N) is 1. The smallest absolute Gasteiger partial charge is 0.153 e. The van der Waals surface area contributed by atoms with Gasteiger partial charge in [-0.1, -0.05) is 0 Å². The van der Waals surface area contributed by atoms with Crippen LogP contribution in [0.2, 0.25) is 0 Å². The van der Waals surface area contributed by atoms with Gasteiger partial charge in [0.2, 0.25) is 0 Å². The molecule has 2 rings (SSSR count). The minimum Gasteiger partial charge on any atom is -0.396 e. The Morgan fingerprint density at radius 3 is 2.44 bits per heavy atom. The lowest BCUT2D eigenvalue weighted by atomic mass is 10.3. The molecule has 1 aromatic carbocycles. The Hall–Kier alpha value is -1.81. The van der Waals surface area contributed by atoms with Crippen LogP contribution >= 0.6 is 12.4 Å². The highest BCUT2D eigenvalue weighted by atomic mass is 35.5. The van der Waals surface area contributed by atoms with Crippen molar-refractivity contribution in [3.05, 3.63) is 48.4 Å². The molecule has 84 valence electrons. The first-order chi connectivity index (χ1) is 7.25. The van der Waals surface area contributed by atoms with Crippen molar-refractivity contribution in [2.24, 2.45) is 0 Å². The molecule has 0 bridgehead atoms. The Morgan fingerprint density at radius 1 is 1.12 bits per heavy atom. The first-order valence-electron chi connectivity index (χ1n) is 4.49. The Kier molecular flexibility index (Phi) is 4.08. The van der Waals surface area contributed by atoms with Gasteiger partial charge in [-0.05, 0) is 36.4 Å². The van der Waals surface area contributed by atoms with E-state index in [4.69, 9.17) is 5.73 Å². The van der Waals surface area contributed by atoms with Crippen LogP contribution in [-0.4, -0.2) is 4.98 Å². The van der Waals surface area contributed by atoms with Gasteiger partial charge >= 0.3 is 0 Å². The Bertz CT molecular complexity index is 459. The lowest BCUT2D eigenvalue weighted by Crippen LogP contribution is -1.98. The number of nitrogens with two attached hydrogens (primary N) is 1. The van der Waals surface area contributed by atoms with Crippen molar-refractivity contribution in [2.45, 2.75) is 0 Å². The molecule has 0 aliphatic carbocycles. The molecule has 0 saturated heterocycles. The van der Waals surface area contributed by atoms with Crippen LogP contribution in [0.3, 0.4) is 0 Å².